The summed E-state index contributed by atoms with van der Waals surface area (Å²) < 4.78 is 12.7. The molecule has 3 aromatic heterocycles. The summed E-state index contributed by atoms with van der Waals surface area (Å²) >= 11 is 0. The van der Waals surface area contributed by atoms with Crippen LogP contribution in [0.25, 0.3) is 90.9 Å². The molecular weight excluding hydrogens is 1030 g/mol. The van der Waals surface area contributed by atoms with Crippen molar-refractivity contribution in [1.29, 1.82) is 0 Å². The number of aromatic amines is 2. The molecule has 0 saturated carbocycles. The summed E-state index contributed by atoms with van der Waals surface area (Å²) in [6, 6.07) is 40.1. The smallest absolute Gasteiger partial charge is 0.119 e. The minimum atomic E-state index is 0.193. The first-order valence-electron chi connectivity index (χ1n) is 32.7. The average molecular weight is 1130 g/mol. The zero-order valence-corrected chi connectivity index (χ0v) is 50.7. The van der Waals surface area contributed by atoms with Crippen molar-refractivity contribution in [1.82, 2.24) is 19.9 Å². The van der Waals surface area contributed by atoms with Crippen molar-refractivity contribution < 1.29 is 19.7 Å². The maximum Gasteiger partial charge on any atom is 0.119 e. The van der Waals surface area contributed by atoms with Gasteiger partial charge in [0.15, 0.2) is 0 Å². The lowest BCUT2D eigenvalue weighted by Gasteiger charge is -2.09. The molecule has 4 N–H and O–H groups in total. The largest absolute Gasteiger partial charge is 0.508 e. The van der Waals surface area contributed by atoms with Gasteiger partial charge in [-0.15, -0.1) is 0 Å². The Morgan fingerprint density at radius 3 is 0.762 bits per heavy atom. The number of unbranched alkanes of at least 4 members (excludes halogenated alkanes) is 26. The van der Waals surface area contributed by atoms with Gasteiger partial charge in [0.25, 0.3) is 0 Å². The number of nitrogens with one attached hydrogen (secondary N) is 2. The summed E-state index contributed by atoms with van der Waals surface area (Å²) in [5.41, 5.74) is 14.3. The van der Waals surface area contributed by atoms with Gasteiger partial charge in [0.05, 0.1) is 36.0 Å². The van der Waals surface area contributed by atoms with E-state index >= 15 is 0 Å². The number of aromatic nitrogens is 4. The van der Waals surface area contributed by atoms with E-state index in [9.17, 15) is 10.2 Å². The fourth-order valence-electron chi connectivity index (χ4n) is 12.1. The number of H-pyrrole nitrogens is 2. The van der Waals surface area contributed by atoms with E-state index in [0.717, 1.165) is 114 Å². The van der Waals surface area contributed by atoms with Gasteiger partial charge in [-0.3, -0.25) is 0 Å². The third-order valence-electron chi connectivity index (χ3n) is 16.9. The molecule has 0 atom stereocenters. The lowest BCUT2D eigenvalue weighted by Crippen LogP contribution is -1.97. The molecule has 0 fully saturated rings. The van der Waals surface area contributed by atoms with Gasteiger partial charge >= 0.3 is 0 Å². The van der Waals surface area contributed by atoms with Crippen LogP contribution in [-0.2, 0) is 0 Å². The van der Waals surface area contributed by atoms with Gasteiger partial charge in [-0.1, -0.05) is 229 Å². The summed E-state index contributed by atoms with van der Waals surface area (Å²) in [5.74, 6) is 2.11. The highest BCUT2D eigenvalue weighted by Crippen LogP contribution is 2.40. The molecule has 84 heavy (non-hydrogen) atoms. The number of phenols is 2. The van der Waals surface area contributed by atoms with Crippen molar-refractivity contribution in [3.05, 3.63) is 144 Å². The van der Waals surface area contributed by atoms with E-state index in [1.165, 1.54) is 167 Å². The van der Waals surface area contributed by atoms with Gasteiger partial charge in [0, 0.05) is 44.3 Å². The summed E-state index contributed by atoms with van der Waals surface area (Å²) in [6.45, 7) is 5.98. The Morgan fingerprint density at radius 1 is 0.286 bits per heavy atom. The van der Waals surface area contributed by atoms with Crippen LogP contribution in [0.5, 0.6) is 23.0 Å². The van der Waals surface area contributed by atoms with E-state index in [-0.39, 0.29) is 11.5 Å². The highest BCUT2D eigenvalue weighted by atomic mass is 16.5. The van der Waals surface area contributed by atoms with Gasteiger partial charge in [-0.25, -0.2) is 9.97 Å². The van der Waals surface area contributed by atoms with Crippen LogP contribution < -0.4 is 9.47 Å². The first-order valence-corrected chi connectivity index (χ1v) is 32.7. The number of ether oxygens (including phenoxy) is 2. The molecule has 0 aliphatic carbocycles. The fraction of sp³-hybridized carbons (Fsp3) is 0.421. The number of fused-ring (bicyclic) bond motifs is 8. The molecule has 0 radical (unpaired) electrons. The number of rotatable bonds is 36. The predicted octanol–water partition coefficient (Wildman–Crippen LogP) is 22.5. The van der Waals surface area contributed by atoms with E-state index in [2.05, 4.69) is 121 Å². The summed E-state index contributed by atoms with van der Waals surface area (Å²) in [5, 5.41) is 20.9. The molecular formula is C76H94N4O4. The molecule has 0 amide bonds. The predicted molar refractivity (Wildman–Crippen MR) is 356 cm³/mol. The van der Waals surface area contributed by atoms with E-state index in [0.29, 0.717) is 13.2 Å². The topological polar surface area (TPSA) is 116 Å². The maximum absolute atomic E-state index is 10.4. The normalized spacial score (nSPS) is 11.9. The highest BCUT2D eigenvalue weighted by molar-refractivity contribution is 6.00. The van der Waals surface area contributed by atoms with E-state index in [1.807, 2.05) is 24.3 Å². The molecule has 0 saturated heterocycles. The Hall–Kier alpha value is -7.32. The Balaban J connectivity index is 0.974. The number of benzene rings is 4. The average Bonchev–Trinajstić information content (AvgIpc) is 2.68. The van der Waals surface area contributed by atoms with Crippen molar-refractivity contribution in [3.8, 4) is 67.5 Å². The van der Waals surface area contributed by atoms with Gasteiger partial charge in [0.2, 0.25) is 0 Å². The number of nitrogens with zero attached hydrogens (tertiary/aromatic N) is 2. The standard InChI is InChI=1S/C76H94N4O4/c1-3-5-7-9-11-13-15-17-19-21-23-25-27-29-55-83-63-43-35-59(36-44-63)75-69-51-49-67(78-69)73(57-31-39-61(81)40-32-57)65-47-48-66(77-65)74(58-33-41-62(82)42-34-58)68-50-52-70(79-68)76(72-54-53-71(75)80-72)60-37-45-64(46-38-60)84-56-30-28-26-24-22-20-18-16-14-12-10-8-6-4-2/h31-54,78-79,81-82H,3-30,55-56H2,1-2H3. The van der Waals surface area contributed by atoms with Gasteiger partial charge in [-0.2, -0.15) is 0 Å². The second-order valence-corrected chi connectivity index (χ2v) is 23.5. The number of hydrogen-bond donors (Lipinski definition) is 4. The lowest BCUT2D eigenvalue weighted by molar-refractivity contribution is 0.304. The van der Waals surface area contributed by atoms with Crippen LogP contribution in [0.2, 0.25) is 0 Å². The minimum Gasteiger partial charge on any atom is -0.508 e. The second kappa shape index (κ2) is 33.2. The van der Waals surface area contributed by atoms with Crippen molar-refractivity contribution in [2.24, 2.45) is 0 Å². The first-order chi connectivity index (χ1) is 41.4. The molecule has 0 unspecified atom stereocenters. The van der Waals surface area contributed by atoms with Crippen molar-refractivity contribution >= 4 is 46.4 Å². The second-order valence-electron chi connectivity index (χ2n) is 23.5. The van der Waals surface area contributed by atoms with E-state index < -0.39 is 0 Å². The molecule has 2 aliphatic rings. The molecule has 8 nitrogen and oxygen atoms in total. The molecule has 2 aliphatic heterocycles. The molecule has 4 aromatic carbocycles. The molecule has 442 valence electrons. The molecule has 7 aromatic rings. The summed E-state index contributed by atoms with van der Waals surface area (Å²) in [6.07, 6.45) is 45.7. The third kappa shape index (κ3) is 17.9. The first kappa shape index (κ1) is 61.2. The van der Waals surface area contributed by atoms with Gasteiger partial charge in [0.1, 0.15) is 23.0 Å². The Bertz CT molecular complexity index is 3110. The third-order valence-corrected chi connectivity index (χ3v) is 16.9. The highest BCUT2D eigenvalue weighted by Gasteiger charge is 2.20. The maximum atomic E-state index is 10.4. The zero-order valence-electron chi connectivity index (χ0n) is 50.7. The molecule has 8 bridgehead atoms. The van der Waals surface area contributed by atoms with E-state index in [4.69, 9.17) is 19.4 Å². The SMILES string of the molecule is CCCCCCCCCCCCCCCCOc1ccc(-c2c3nc(c(-c4ccc(OCCCCCCCCCCCCCCCC)cc4)c4ccc([nH]4)c(-c4ccc(O)cc4)c4nc(c(-c5ccc(O)cc5)c5ccc2[nH]5)C=C4)C=C3)cc1. The minimum absolute atomic E-state index is 0.193. The summed E-state index contributed by atoms with van der Waals surface area (Å²) in [7, 11) is 0. The Kier molecular flexibility index (Phi) is 24.2. The van der Waals surface area contributed by atoms with Crippen LogP contribution in [0, 0.1) is 0 Å². The quantitative estimate of drug-likeness (QED) is 0.0291. The number of phenolic OH excluding ortho intramolecular Hbond substituents is 2. The van der Waals surface area contributed by atoms with E-state index in [1.54, 1.807) is 24.3 Å². The van der Waals surface area contributed by atoms with Crippen molar-refractivity contribution in [3.63, 3.8) is 0 Å². The van der Waals surface area contributed by atoms with Crippen LogP contribution in [0.4, 0.5) is 0 Å². The van der Waals surface area contributed by atoms with Crippen LogP contribution in [0.1, 0.15) is 216 Å². The number of aromatic hydroxyl groups is 2. The Morgan fingerprint density at radius 2 is 0.512 bits per heavy atom. The Labute approximate surface area is 502 Å². The van der Waals surface area contributed by atoms with Crippen LogP contribution >= 0.6 is 0 Å². The lowest BCUT2D eigenvalue weighted by atomic mass is 10.0. The van der Waals surface area contributed by atoms with Crippen LogP contribution in [0.3, 0.4) is 0 Å². The zero-order chi connectivity index (χ0) is 58.0. The van der Waals surface area contributed by atoms with Crippen molar-refractivity contribution in [2.75, 3.05) is 13.2 Å². The molecule has 5 heterocycles. The fourth-order valence-corrected chi connectivity index (χ4v) is 12.1. The molecule has 0 spiro atoms. The van der Waals surface area contributed by atoms with Gasteiger partial charge < -0.3 is 29.7 Å². The van der Waals surface area contributed by atoms with Crippen LogP contribution in [0.15, 0.2) is 121 Å². The van der Waals surface area contributed by atoms with Crippen LogP contribution in [-0.4, -0.2) is 43.4 Å². The monoisotopic (exact) mass is 1130 g/mol. The van der Waals surface area contributed by atoms with Gasteiger partial charge in [-0.05, 0) is 132 Å². The van der Waals surface area contributed by atoms with Crippen molar-refractivity contribution in [2.45, 2.75) is 194 Å². The number of hydrogen-bond acceptors (Lipinski definition) is 6. The molecule has 8 heteroatoms. The molecule has 9 rings (SSSR count). The summed E-state index contributed by atoms with van der Waals surface area (Å²) in [4.78, 5) is 18.6.